The third kappa shape index (κ3) is 4.95. The number of aryl methyl sites for hydroxylation is 2. The van der Waals surface area contributed by atoms with Crippen molar-refractivity contribution in [1.82, 2.24) is 15.1 Å². The van der Waals surface area contributed by atoms with Gasteiger partial charge in [-0.2, -0.15) is 5.10 Å². The molecule has 1 aromatic rings. The molecule has 1 rings (SSSR count). The largest absolute Gasteiger partial charge is 0.313 e. The molecule has 1 N–H and O–H groups in total. The summed E-state index contributed by atoms with van der Waals surface area (Å²) >= 11 is 0. The van der Waals surface area contributed by atoms with E-state index in [1.807, 2.05) is 17.8 Å². The molecule has 110 valence electrons. The molecule has 2 atom stereocenters. The van der Waals surface area contributed by atoms with Gasteiger partial charge in [-0.1, -0.05) is 6.92 Å². The van der Waals surface area contributed by atoms with E-state index in [0.717, 1.165) is 31.5 Å². The van der Waals surface area contributed by atoms with Crippen LogP contribution in [0.1, 0.15) is 32.4 Å². The van der Waals surface area contributed by atoms with Gasteiger partial charge in [-0.3, -0.25) is 4.68 Å². The summed E-state index contributed by atoms with van der Waals surface area (Å²) in [7, 11) is -1.11. The Hall–Kier alpha value is -0.880. The zero-order valence-corrected chi connectivity index (χ0v) is 13.1. The summed E-state index contributed by atoms with van der Waals surface area (Å²) in [6.07, 6.45) is 5.70. The Kier molecular flexibility index (Phi) is 6.00. The highest BCUT2D eigenvalue weighted by Crippen LogP contribution is 2.12. The molecule has 0 fully saturated rings. The third-order valence-corrected chi connectivity index (χ3v) is 5.21. The molecular weight excluding hydrogens is 262 g/mol. The molecule has 0 aliphatic rings. The van der Waals surface area contributed by atoms with Crippen LogP contribution in [0.4, 0.5) is 0 Å². The topological polar surface area (TPSA) is 64.0 Å². The van der Waals surface area contributed by atoms with Crippen molar-refractivity contribution in [3.05, 3.63) is 18.0 Å². The number of sulfone groups is 1. The lowest BCUT2D eigenvalue weighted by Gasteiger charge is -2.24. The summed E-state index contributed by atoms with van der Waals surface area (Å²) in [4.78, 5) is 0. The standard InChI is InChI=1S/C13H25N3O2S/c1-5-9-14-13(11(2)19(4,17)18)7-6-12-8-10-15-16(12)3/h8,10-11,13-14H,5-7,9H2,1-4H3. The van der Waals surface area contributed by atoms with Gasteiger partial charge in [0.05, 0.1) is 5.25 Å². The van der Waals surface area contributed by atoms with Crippen LogP contribution in [0.15, 0.2) is 12.3 Å². The number of hydrogen-bond acceptors (Lipinski definition) is 4. The van der Waals surface area contributed by atoms with Crippen molar-refractivity contribution in [2.24, 2.45) is 7.05 Å². The van der Waals surface area contributed by atoms with Crippen LogP contribution < -0.4 is 5.32 Å². The first-order valence-electron chi connectivity index (χ1n) is 6.75. The van der Waals surface area contributed by atoms with Crippen molar-refractivity contribution in [1.29, 1.82) is 0 Å². The van der Waals surface area contributed by atoms with E-state index in [1.165, 1.54) is 6.26 Å². The molecule has 0 spiro atoms. The van der Waals surface area contributed by atoms with Gasteiger partial charge in [0.25, 0.3) is 0 Å². The van der Waals surface area contributed by atoms with E-state index in [9.17, 15) is 8.42 Å². The fourth-order valence-corrected chi connectivity index (χ4v) is 2.91. The van der Waals surface area contributed by atoms with Crippen LogP contribution in [-0.2, 0) is 23.3 Å². The third-order valence-electron chi connectivity index (χ3n) is 3.53. The maximum Gasteiger partial charge on any atom is 0.151 e. The Balaban J connectivity index is 2.67. The first-order chi connectivity index (χ1) is 8.86. The van der Waals surface area contributed by atoms with E-state index in [-0.39, 0.29) is 11.3 Å². The molecule has 6 heteroatoms. The van der Waals surface area contributed by atoms with E-state index < -0.39 is 9.84 Å². The summed E-state index contributed by atoms with van der Waals surface area (Å²) in [6.45, 7) is 4.71. The van der Waals surface area contributed by atoms with Gasteiger partial charge in [-0.05, 0) is 38.8 Å². The second kappa shape index (κ2) is 7.05. The van der Waals surface area contributed by atoms with Crippen LogP contribution in [-0.4, -0.2) is 42.3 Å². The summed E-state index contributed by atoms with van der Waals surface area (Å²) in [5.74, 6) is 0. The lowest BCUT2D eigenvalue weighted by Crippen LogP contribution is -2.43. The number of hydrogen-bond donors (Lipinski definition) is 1. The predicted octanol–water partition coefficient (Wildman–Crippen LogP) is 1.15. The summed E-state index contributed by atoms with van der Waals surface area (Å²) in [5.41, 5.74) is 1.13. The van der Waals surface area contributed by atoms with Gasteiger partial charge in [-0.25, -0.2) is 8.42 Å². The predicted molar refractivity (Wildman–Crippen MR) is 77.9 cm³/mol. The molecular formula is C13H25N3O2S. The van der Waals surface area contributed by atoms with E-state index >= 15 is 0 Å². The van der Waals surface area contributed by atoms with Crippen LogP contribution >= 0.6 is 0 Å². The van der Waals surface area contributed by atoms with Crippen molar-refractivity contribution in [3.63, 3.8) is 0 Å². The molecule has 0 aliphatic carbocycles. The highest BCUT2D eigenvalue weighted by atomic mass is 32.2. The highest BCUT2D eigenvalue weighted by molar-refractivity contribution is 7.91. The fourth-order valence-electron chi connectivity index (χ4n) is 2.08. The minimum atomic E-state index is -3.02. The molecule has 0 bridgehead atoms. The van der Waals surface area contributed by atoms with E-state index in [2.05, 4.69) is 17.3 Å². The van der Waals surface area contributed by atoms with Crippen LogP contribution in [0.3, 0.4) is 0 Å². The van der Waals surface area contributed by atoms with Gasteiger partial charge in [-0.15, -0.1) is 0 Å². The molecule has 0 aromatic carbocycles. The number of nitrogens with zero attached hydrogens (tertiary/aromatic N) is 2. The number of rotatable bonds is 8. The Morgan fingerprint density at radius 3 is 2.63 bits per heavy atom. The minimum Gasteiger partial charge on any atom is -0.313 e. The van der Waals surface area contributed by atoms with Gasteiger partial charge in [0.15, 0.2) is 9.84 Å². The van der Waals surface area contributed by atoms with Crippen molar-refractivity contribution >= 4 is 9.84 Å². The van der Waals surface area contributed by atoms with Crippen LogP contribution in [0.5, 0.6) is 0 Å². The average molecular weight is 287 g/mol. The molecule has 5 nitrogen and oxygen atoms in total. The van der Waals surface area contributed by atoms with Gasteiger partial charge in [0.1, 0.15) is 0 Å². The first kappa shape index (κ1) is 16.2. The molecule has 0 saturated heterocycles. The van der Waals surface area contributed by atoms with Gasteiger partial charge < -0.3 is 5.32 Å². The van der Waals surface area contributed by atoms with Gasteiger partial charge in [0.2, 0.25) is 0 Å². The minimum absolute atomic E-state index is 0.00940. The average Bonchev–Trinajstić information content (AvgIpc) is 2.73. The molecule has 1 heterocycles. The Bertz CT molecular complexity index is 482. The lowest BCUT2D eigenvalue weighted by molar-refractivity contribution is 0.455. The Morgan fingerprint density at radius 2 is 2.16 bits per heavy atom. The van der Waals surface area contributed by atoms with Crippen LogP contribution in [0.25, 0.3) is 0 Å². The maximum atomic E-state index is 11.7. The smallest absolute Gasteiger partial charge is 0.151 e. The van der Waals surface area contributed by atoms with Crippen molar-refractivity contribution in [2.45, 2.75) is 44.4 Å². The summed E-state index contributed by atoms with van der Waals surface area (Å²) in [6, 6.07) is 1.96. The SMILES string of the molecule is CCCNC(CCc1ccnn1C)C(C)S(C)(=O)=O. The zero-order chi connectivity index (χ0) is 14.5. The molecule has 0 aliphatic heterocycles. The molecule has 0 amide bonds. The molecule has 0 radical (unpaired) electrons. The van der Waals surface area contributed by atoms with Gasteiger partial charge >= 0.3 is 0 Å². The zero-order valence-electron chi connectivity index (χ0n) is 12.3. The number of nitrogens with one attached hydrogen (secondary N) is 1. The maximum absolute atomic E-state index is 11.7. The highest BCUT2D eigenvalue weighted by Gasteiger charge is 2.25. The van der Waals surface area contributed by atoms with E-state index in [1.54, 1.807) is 13.1 Å². The lowest BCUT2D eigenvalue weighted by atomic mass is 10.1. The molecule has 1 aromatic heterocycles. The summed E-state index contributed by atoms with van der Waals surface area (Å²) < 4.78 is 25.2. The second-order valence-corrected chi connectivity index (χ2v) is 7.48. The number of aromatic nitrogens is 2. The summed E-state index contributed by atoms with van der Waals surface area (Å²) in [5, 5.41) is 7.11. The molecule has 2 unspecified atom stereocenters. The van der Waals surface area contributed by atoms with Crippen LogP contribution in [0, 0.1) is 0 Å². The van der Waals surface area contributed by atoms with E-state index in [4.69, 9.17) is 0 Å². The van der Waals surface area contributed by atoms with Crippen molar-refractivity contribution < 1.29 is 8.42 Å². The van der Waals surface area contributed by atoms with Gasteiger partial charge in [0, 0.05) is 31.2 Å². The Labute approximate surface area is 116 Å². The first-order valence-corrected chi connectivity index (χ1v) is 8.70. The normalized spacial score (nSPS) is 15.4. The monoisotopic (exact) mass is 287 g/mol. The Morgan fingerprint density at radius 1 is 1.47 bits per heavy atom. The molecule has 19 heavy (non-hydrogen) atoms. The van der Waals surface area contributed by atoms with Crippen LogP contribution in [0.2, 0.25) is 0 Å². The second-order valence-electron chi connectivity index (χ2n) is 5.08. The van der Waals surface area contributed by atoms with E-state index in [0.29, 0.717) is 0 Å². The fraction of sp³-hybridized carbons (Fsp3) is 0.769. The molecule has 0 saturated carbocycles. The quantitative estimate of drug-likeness (QED) is 0.779. The van der Waals surface area contributed by atoms with Crippen molar-refractivity contribution in [3.8, 4) is 0 Å². The van der Waals surface area contributed by atoms with Crippen molar-refractivity contribution in [2.75, 3.05) is 12.8 Å².